The van der Waals surface area contributed by atoms with Crippen molar-refractivity contribution in [3.05, 3.63) is 11.6 Å². The number of esters is 1. The zero-order valence-electron chi connectivity index (χ0n) is 8.07. The van der Waals surface area contributed by atoms with Gasteiger partial charge in [-0.3, -0.25) is 0 Å². The minimum absolute atomic E-state index is 0.0494. The molecule has 1 N–H and O–H groups in total. The first-order chi connectivity index (χ1) is 6.55. The predicted octanol–water partition coefficient (Wildman–Crippen LogP) is 0.349. The Balaban J connectivity index is 3.07. The number of hydrogen-bond acceptors (Lipinski definition) is 4. The van der Waals surface area contributed by atoms with Crippen LogP contribution in [0.4, 0.5) is 0 Å². The summed E-state index contributed by atoms with van der Waals surface area (Å²) in [6, 6.07) is 0. The first-order valence-electron chi connectivity index (χ1n) is 4.23. The summed E-state index contributed by atoms with van der Waals surface area (Å²) in [6.07, 6.45) is 1.67. The molecule has 1 atom stereocenters. The van der Waals surface area contributed by atoms with Crippen molar-refractivity contribution in [2.45, 2.75) is 18.9 Å². The number of aliphatic carboxylic acids is 1. The van der Waals surface area contributed by atoms with E-state index in [1.807, 2.05) is 0 Å². The minimum Gasteiger partial charge on any atom is -0.478 e. The van der Waals surface area contributed by atoms with Crippen LogP contribution in [0.5, 0.6) is 0 Å². The van der Waals surface area contributed by atoms with Gasteiger partial charge < -0.3 is 14.6 Å². The van der Waals surface area contributed by atoms with Gasteiger partial charge in [0.05, 0.1) is 5.57 Å². The van der Waals surface area contributed by atoms with Crippen molar-refractivity contribution >= 4 is 11.9 Å². The van der Waals surface area contributed by atoms with Crippen molar-refractivity contribution < 1.29 is 24.2 Å². The molecule has 0 bridgehead atoms. The van der Waals surface area contributed by atoms with Crippen molar-refractivity contribution in [1.29, 1.82) is 0 Å². The molecule has 1 heterocycles. The van der Waals surface area contributed by atoms with Crippen molar-refractivity contribution in [2.75, 3.05) is 13.7 Å². The highest BCUT2D eigenvalue weighted by molar-refractivity contribution is 5.93. The standard InChI is InChI=1S/C9H12O5/c1-3-9(13-2)4-6(7(10)11)5-14-8(9)12/h4H,3,5H2,1-2H3,(H,10,11)/t9-/m0/s1. The van der Waals surface area contributed by atoms with Gasteiger partial charge in [-0.25, -0.2) is 9.59 Å². The van der Waals surface area contributed by atoms with Crippen molar-refractivity contribution in [1.82, 2.24) is 0 Å². The third kappa shape index (κ3) is 1.63. The van der Waals surface area contributed by atoms with Crippen LogP contribution in [-0.4, -0.2) is 36.4 Å². The first-order valence-corrected chi connectivity index (χ1v) is 4.23. The monoisotopic (exact) mass is 200 g/mol. The Hall–Kier alpha value is -1.36. The van der Waals surface area contributed by atoms with E-state index < -0.39 is 17.5 Å². The second-order valence-corrected chi connectivity index (χ2v) is 3.00. The molecule has 78 valence electrons. The third-order valence-electron chi connectivity index (χ3n) is 2.28. The fraction of sp³-hybridized carbons (Fsp3) is 0.556. The zero-order valence-corrected chi connectivity index (χ0v) is 8.07. The second-order valence-electron chi connectivity index (χ2n) is 3.00. The lowest BCUT2D eigenvalue weighted by Gasteiger charge is -2.29. The van der Waals surface area contributed by atoms with Gasteiger partial charge in [-0.05, 0) is 12.5 Å². The number of carboxylic acids is 1. The zero-order chi connectivity index (χ0) is 10.8. The number of methoxy groups -OCH3 is 1. The lowest BCUT2D eigenvalue weighted by Crippen LogP contribution is -2.44. The van der Waals surface area contributed by atoms with Crippen LogP contribution < -0.4 is 0 Å². The molecule has 1 aliphatic rings. The van der Waals surface area contributed by atoms with E-state index in [-0.39, 0.29) is 12.2 Å². The van der Waals surface area contributed by atoms with Crippen LogP contribution in [-0.2, 0) is 19.1 Å². The predicted molar refractivity (Wildman–Crippen MR) is 46.7 cm³/mol. The number of ether oxygens (including phenoxy) is 2. The van der Waals surface area contributed by atoms with Crippen LogP contribution in [0.2, 0.25) is 0 Å². The summed E-state index contributed by atoms with van der Waals surface area (Å²) in [5.41, 5.74) is -1.18. The van der Waals surface area contributed by atoms with Crippen LogP contribution in [0.1, 0.15) is 13.3 Å². The molecule has 5 heteroatoms. The van der Waals surface area contributed by atoms with E-state index in [4.69, 9.17) is 14.6 Å². The third-order valence-corrected chi connectivity index (χ3v) is 2.28. The number of carboxylic acid groups (broad SMARTS) is 1. The molecular weight excluding hydrogens is 188 g/mol. The van der Waals surface area contributed by atoms with E-state index in [2.05, 4.69) is 0 Å². The second kappa shape index (κ2) is 3.79. The Morgan fingerprint density at radius 1 is 1.79 bits per heavy atom. The van der Waals surface area contributed by atoms with Gasteiger partial charge in [-0.1, -0.05) is 6.92 Å². The molecular formula is C9H12O5. The molecule has 0 unspecified atom stereocenters. The molecule has 0 aromatic heterocycles. The van der Waals surface area contributed by atoms with Crippen LogP contribution in [0.25, 0.3) is 0 Å². The summed E-state index contributed by atoms with van der Waals surface area (Å²) in [5, 5.41) is 8.73. The minimum atomic E-state index is -1.23. The van der Waals surface area contributed by atoms with Crippen LogP contribution >= 0.6 is 0 Å². The van der Waals surface area contributed by atoms with Gasteiger partial charge in [0.15, 0.2) is 5.60 Å². The molecule has 14 heavy (non-hydrogen) atoms. The Labute approximate surface area is 81.3 Å². The number of carbonyl (C=O) groups excluding carboxylic acids is 1. The van der Waals surface area contributed by atoms with Gasteiger partial charge in [0.25, 0.3) is 0 Å². The topological polar surface area (TPSA) is 72.8 Å². The Morgan fingerprint density at radius 3 is 2.86 bits per heavy atom. The fourth-order valence-corrected chi connectivity index (χ4v) is 1.30. The molecule has 0 fully saturated rings. The van der Waals surface area contributed by atoms with Crippen molar-refractivity contribution in [2.24, 2.45) is 0 Å². The quantitative estimate of drug-likeness (QED) is 0.665. The van der Waals surface area contributed by atoms with Gasteiger partial charge in [-0.2, -0.15) is 0 Å². The van der Waals surface area contributed by atoms with E-state index >= 15 is 0 Å². The maximum absolute atomic E-state index is 11.4. The van der Waals surface area contributed by atoms with Crippen molar-refractivity contribution in [3.63, 3.8) is 0 Å². The lowest BCUT2D eigenvalue weighted by atomic mass is 9.95. The average molecular weight is 200 g/mol. The molecule has 0 aromatic carbocycles. The largest absolute Gasteiger partial charge is 0.478 e. The molecule has 0 amide bonds. The summed E-state index contributed by atoms with van der Waals surface area (Å²) in [5.74, 6) is -1.63. The summed E-state index contributed by atoms with van der Waals surface area (Å²) < 4.78 is 9.74. The van der Waals surface area contributed by atoms with Gasteiger partial charge in [0.1, 0.15) is 6.61 Å². The van der Waals surface area contributed by atoms with E-state index in [0.29, 0.717) is 6.42 Å². The fourth-order valence-electron chi connectivity index (χ4n) is 1.30. The maximum atomic E-state index is 11.4. The summed E-state index contributed by atoms with van der Waals surface area (Å²) >= 11 is 0. The molecule has 0 saturated heterocycles. The Morgan fingerprint density at radius 2 is 2.43 bits per heavy atom. The summed E-state index contributed by atoms with van der Waals surface area (Å²) in [4.78, 5) is 22.0. The molecule has 5 nitrogen and oxygen atoms in total. The highest BCUT2D eigenvalue weighted by Crippen LogP contribution is 2.25. The molecule has 0 aliphatic carbocycles. The lowest BCUT2D eigenvalue weighted by molar-refractivity contribution is -0.165. The summed E-state index contributed by atoms with van der Waals surface area (Å²) in [6.45, 7) is 1.53. The van der Waals surface area contributed by atoms with Gasteiger partial charge >= 0.3 is 11.9 Å². The van der Waals surface area contributed by atoms with E-state index in [1.54, 1.807) is 6.92 Å². The molecule has 0 aromatic rings. The number of cyclic esters (lactones) is 1. The number of carbonyl (C=O) groups is 2. The van der Waals surface area contributed by atoms with E-state index in [9.17, 15) is 9.59 Å². The van der Waals surface area contributed by atoms with Gasteiger partial charge in [0.2, 0.25) is 0 Å². The maximum Gasteiger partial charge on any atom is 0.342 e. The molecule has 0 spiro atoms. The molecule has 0 saturated carbocycles. The van der Waals surface area contributed by atoms with Gasteiger partial charge in [-0.15, -0.1) is 0 Å². The molecule has 1 rings (SSSR count). The first kappa shape index (κ1) is 10.7. The molecule has 1 aliphatic heterocycles. The SMILES string of the molecule is CC[C@]1(OC)C=C(C(=O)O)COC1=O. The van der Waals surface area contributed by atoms with Crippen LogP contribution in [0.15, 0.2) is 11.6 Å². The van der Waals surface area contributed by atoms with Crippen molar-refractivity contribution in [3.8, 4) is 0 Å². The smallest absolute Gasteiger partial charge is 0.342 e. The Bertz CT molecular complexity index is 288. The highest BCUT2D eigenvalue weighted by Gasteiger charge is 2.41. The Kier molecular flexibility index (Phi) is 2.90. The van der Waals surface area contributed by atoms with Crippen LogP contribution in [0, 0.1) is 0 Å². The van der Waals surface area contributed by atoms with E-state index in [1.165, 1.54) is 13.2 Å². The highest BCUT2D eigenvalue weighted by atomic mass is 16.6. The van der Waals surface area contributed by atoms with Crippen LogP contribution in [0.3, 0.4) is 0 Å². The molecule has 0 radical (unpaired) electrons. The number of rotatable bonds is 3. The van der Waals surface area contributed by atoms with Gasteiger partial charge in [0, 0.05) is 7.11 Å². The average Bonchev–Trinajstić information content (AvgIpc) is 2.19. The summed E-state index contributed by atoms with van der Waals surface area (Å²) in [7, 11) is 1.35. The van der Waals surface area contributed by atoms with E-state index in [0.717, 1.165) is 0 Å². The number of hydrogen-bond donors (Lipinski definition) is 1. The normalized spacial score (nSPS) is 26.7.